The summed E-state index contributed by atoms with van der Waals surface area (Å²) >= 11 is 1.63. The minimum Gasteiger partial charge on any atom is -0.385 e. The largest absolute Gasteiger partial charge is 0.385 e. The van der Waals surface area contributed by atoms with Gasteiger partial charge in [-0.15, -0.1) is 0 Å². The number of carbonyl (C=O) groups is 1. The Hall–Kier alpha value is -0.670. The minimum absolute atomic E-state index is 0.106. The van der Waals surface area contributed by atoms with Crippen LogP contribution in [0.4, 0.5) is 0 Å². The Labute approximate surface area is 88.9 Å². The molecule has 1 aromatic rings. The lowest BCUT2D eigenvalue weighted by molar-refractivity contribution is -0.122. The van der Waals surface area contributed by atoms with E-state index in [4.69, 9.17) is 4.74 Å². The molecule has 0 aliphatic rings. The molecule has 0 radical (unpaired) electrons. The monoisotopic (exact) mass is 212 g/mol. The van der Waals surface area contributed by atoms with Gasteiger partial charge < -0.3 is 4.74 Å². The van der Waals surface area contributed by atoms with Gasteiger partial charge in [0.25, 0.3) is 0 Å². The highest BCUT2D eigenvalue weighted by atomic mass is 32.1. The molecule has 1 atom stereocenters. The highest BCUT2D eigenvalue weighted by Crippen LogP contribution is 2.12. The summed E-state index contributed by atoms with van der Waals surface area (Å²) in [6.45, 7) is 2.63. The van der Waals surface area contributed by atoms with Crippen LogP contribution in [0, 0.1) is 5.92 Å². The van der Waals surface area contributed by atoms with E-state index in [0.29, 0.717) is 18.8 Å². The fourth-order valence-electron chi connectivity index (χ4n) is 1.22. The zero-order valence-corrected chi connectivity index (χ0v) is 9.47. The van der Waals surface area contributed by atoms with Crippen molar-refractivity contribution in [2.75, 3.05) is 13.7 Å². The van der Waals surface area contributed by atoms with Crippen molar-refractivity contribution in [3.05, 3.63) is 22.4 Å². The summed E-state index contributed by atoms with van der Waals surface area (Å²) in [5.74, 6) is 0.412. The number of rotatable bonds is 6. The zero-order valence-electron chi connectivity index (χ0n) is 8.66. The normalized spacial score (nSPS) is 12.7. The molecule has 1 unspecified atom stereocenters. The fourth-order valence-corrected chi connectivity index (χ4v) is 1.89. The van der Waals surface area contributed by atoms with Gasteiger partial charge in [0.15, 0.2) is 0 Å². The third kappa shape index (κ3) is 3.60. The van der Waals surface area contributed by atoms with Gasteiger partial charge in [0, 0.05) is 26.1 Å². The SMILES string of the molecule is COCCC(C)C(=O)Cc1ccsc1. The zero-order chi connectivity index (χ0) is 10.4. The van der Waals surface area contributed by atoms with Gasteiger partial charge in [-0.3, -0.25) is 4.79 Å². The first-order valence-electron chi connectivity index (χ1n) is 4.76. The number of carbonyl (C=O) groups excluding carboxylic acids is 1. The molecule has 3 heteroatoms. The second kappa shape index (κ2) is 5.94. The average Bonchev–Trinajstić information content (AvgIpc) is 2.66. The summed E-state index contributed by atoms with van der Waals surface area (Å²) in [6, 6.07) is 2.01. The molecule has 0 saturated carbocycles. The van der Waals surface area contributed by atoms with Crippen molar-refractivity contribution in [1.82, 2.24) is 0 Å². The molecule has 2 nitrogen and oxygen atoms in total. The van der Waals surface area contributed by atoms with Crippen LogP contribution in [0.2, 0.25) is 0 Å². The Balaban J connectivity index is 2.34. The van der Waals surface area contributed by atoms with Crippen LogP contribution in [0.25, 0.3) is 0 Å². The minimum atomic E-state index is 0.106. The lowest BCUT2D eigenvalue weighted by Crippen LogP contribution is -2.15. The van der Waals surface area contributed by atoms with Gasteiger partial charge >= 0.3 is 0 Å². The van der Waals surface area contributed by atoms with Crippen molar-refractivity contribution in [3.63, 3.8) is 0 Å². The van der Waals surface area contributed by atoms with Gasteiger partial charge in [0.1, 0.15) is 5.78 Å². The van der Waals surface area contributed by atoms with Crippen molar-refractivity contribution >= 4 is 17.1 Å². The van der Waals surface area contributed by atoms with E-state index < -0.39 is 0 Å². The average molecular weight is 212 g/mol. The van der Waals surface area contributed by atoms with Crippen LogP contribution in [0.15, 0.2) is 16.8 Å². The number of hydrogen-bond acceptors (Lipinski definition) is 3. The van der Waals surface area contributed by atoms with Crippen molar-refractivity contribution in [1.29, 1.82) is 0 Å². The number of hydrogen-bond donors (Lipinski definition) is 0. The lowest BCUT2D eigenvalue weighted by Gasteiger charge is -2.08. The van der Waals surface area contributed by atoms with Crippen molar-refractivity contribution in [2.45, 2.75) is 19.8 Å². The molecule has 0 saturated heterocycles. The van der Waals surface area contributed by atoms with Gasteiger partial charge in [0.05, 0.1) is 0 Å². The quantitative estimate of drug-likeness (QED) is 0.724. The second-order valence-electron chi connectivity index (χ2n) is 3.46. The smallest absolute Gasteiger partial charge is 0.140 e. The van der Waals surface area contributed by atoms with Gasteiger partial charge in [-0.1, -0.05) is 6.92 Å². The van der Waals surface area contributed by atoms with Crippen LogP contribution in [-0.4, -0.2) is 19.5 Å². The number of thiophene rings is 1. The summed E-state index contributed by atoms with van der Waals surface area (Å²) in [5.41, 5.74) is 1.13. The molecule has 0 aliphatic heterocycles. The highest BCUT2D eigenvalue weighted by Gasteiger charge is 2.12. The molecule has 0 aromatic carbocycles. The number of methoxy groups -OCH3 is 1. The van der Waals surface area contributed by atoms with E-state index in [-0.39, 0.29) is 5.92 Å². The van der Waals surface area contributed by atoms with E-state index in [1.54, 1.807) is 18.4 Å². The topological polar surface area (TPSA) is 26.3 Å². The van der Waals surface area contributed by atoms with E-state index in [9.17, 15) is 4.79 Å². The highest BCUT2D eigenvalue weighted by molar-refractivity contribution is 7.07. The van der Waals surface area contributed by atoms with Gasteiger partial charge in [0.2, 0.25) is 0 Å². The van der Waals surface area contributed by atoms with E-state index in [0.717, 1.165) is 12.0 Å². The molecule has 0 bridgehead atoms. The molecule has 0 amide bonds. The van der Waals surface area contributed by atoms with Crippen molar-refractivity contribution < 1.29 is 9.53 Å². The summed E-state index contributed by atoms with van der Waals surface area (Å²) in [4.78, 5) is 11.7. The molecular weight excluding hydrogens is 196 g/mol. The number of Topliss-reactive ketones (excluding diaryl/α,β-unsaturated/α-hetero) is 1. The van der Waals surface area contributed by atoms with Crippen LogP contribution in [0.3, 0.4) is 0 Å². The molecule has 1 heterocycles. The maximum absolute atomic E-state index is 11.7. The van der Waals surface area contributed by atoms with Gasteiger partial charge in [-0.25, -0.2) is 0 Å². The molecule has 0 fully saturated rings. The molecule has 0 spiro atoms. The van der Waals surface area contributed by atoms with Crippen LogP contribution < -0.4 is 0 Å². The van der Waals surface area contributed by atoms with E-state index >= 15 is 0 Å². The predicted molar refractivity (Wildman–Crippen MR) is 58.7 cm³/mol. The van der Waals surface area contributed by atoms with E-state index in [2.05, 4.69) is 0 Å². The second-order valence-corrected chi connectivity index (χ2v) is 4.24. The number of ether oxygens (including phenoxy) is 1. The molecular formula is C11H16O2S. The van der Waals surface area contributed by atoms with Crippen molar-refractivity contribution in [2.24, 2.45) is 5.92 Å². The predicted octanol–water partition coefficient (Wildman–Crippen LogP) is 2.53. The molecule has 0 N–H and O–H groups in total. The maximum Gasteiger partial charge on any atom is 0.140 e. The standard InChI is InChI=1S/C11H16O2S/c1-9(3-5-13-2)11(12)7-10-4-6-14-8-10/h4,6,8-9H,3,5,7H2,1-2H3. The Bertz CT molecular complexity index is 267. The van der Waals surface area contributed by atoms with Crippen LogP contribution in [0.1, 0.15) is 18.9 Å². The Morgan fingerprint density at radius 1 is 1.64 bits per heavy atom. The van der Waals surface area contributed by atoms with Gasteiger partial charge in [-0.2, -0.15) is 11.3 Å². The van der Waals surface area contributed by atoms with E-state index in [1.807, 2.05) is 23.8 Å². The molecule has 1 rings (SSSR count). The first kappa shape index (κ1) is 11.4. The summed E-state index contributed by atoms with van der Waals surface area (Å²) in [6.07, 6.45) is 1.38. The van der Waals surface area contributed by atoms with E-state index in [1.165, 1.54) is 0 Å². The van der Waals surface area contributed by atoms with Crippen LogP contribution in [0.5, 0.6) is 0 Å². The fraction of sp³-hybridized carbons (Fsp3) is 0.545. The lowest BCUT2D eigenvalue weighted by atomic mass is 9.98. The molecule has 78 valence electrons. The van der Waals surface area contributed by atoms with Crippen molar-refractivity contribution in [3.8, 4) is 0 Å². The Morgan fingerprint density at radius 3 is 3.00 bits per heavy atom. The first-order chi connectivity index (χ1) is 6.74. The third-order valence-corrected chi connectivity index (χ3v) is 3.00. The number of ketones is 1. The molecule has 0 aliphatic carbocycles. The summed E-state index contributed by atoms with van der Waals surface area (Å²) in [5, 5.41) is 4.03. The third-order valence-electron chi connectivity index (χ3n) is 2.26. The summed E-state index contributed by atoms with van der Waals surface area (Å²) in [7, 11) is 1.66. The molecule has 14 heavy (non-hydrogen) atoms. The van der Waals surface area contributed by atoms with Crippen LogP contribution in [-0.2, 0) is 16.0 Å². The van der Waals surface area contributed by atoms with Gasteiger partial charge in [-0.05, 0) is 28.8 Å². The Kier molecular flexibility index (Phi) is 4.84. The summed E-state index contributed by atoms with van der Waals surface area (Å²) < 4.78 is 4.95. The first-order valence-corrected chi connectivity index (χ1v) is 5.71. The maximum atomic E-state index is 11.7. The Morgan fingerprint density at radius 2 is 2.43 bits per heavy atom. The molecule has 1 aromatic heterocycles. The van der Waals surface area contributed by atoms with Crippen LogP contribution >= 0.6 is 11.3 Å².